The normalized spacial score (nSPS) is 13.0. The average Bonchev–Trinajstić information content (AvgIpc) is 1.98. The minimum absolute atomic E-state index is 0.430. The number of hydrogen-bond acceptors (Lipinski definition) is 0. The number of rotatable bonds is 3. The molecule has 0 bridgehead atoms. The molecule has 0 radical (unpaired) electrons. The molecule has 0 fully saturated rings. The molecule has 0 saturated heterocycles. The summed E-state index contributed by atoms with van der Waals surface area (Å²) in [7, 11) is 0. The molecule has 0 aromatic heterocycles. The van der Waals surface area contributed by atoms with Crippen molar-refractivity contribution >= 4 is 0 Å². The van der Waals surface area contributed by atoms with E-state index in [2.05, 4.69) is 20.4 Å². The maximum Gasteiger partial charge on any atom is 0.0867 e. The number of halogens is 1. The van der Waals surface area contributed by atoms with E-state index in [0.717, 1.165) is 11.1 Å². The van der Waals surface area contributed by atoms with Crippen molar-refractivity contribution < 1.29 is 4.39 Å². The Morgan fingerprint density at radius 2 is 2.00 bits per heavy atom. The quantitative estimate of drug-likeness (QED) is 0.544. The van der Waals surface area contributed by atoms with E-state index in [-0.39, 0.29) is 0 Å². The Kier molecular flexibility index (Phi) is 4.51. The third-order valence-electron chi connectivity index (χ3n) is 1.62. The van der Waals surface area contributed by atoms with E-state index in [1.54, 1.807) is 6.08 Å². The van der Waals surface area contributed by atoms with Gasteiger partial charge in [-0.3, -0.25) is 0 Å². The maximum atomic E-state index is 11.6. The third kappa shape index (κ3) is 3.76. The Balaban J connectivity index is 4.24. The van der Waals surface area contributed by atoms with Crippen molar-refractivity contribution in [1.29, 1.82) is 0 Å². The van der Waals surface area contributed by atoms with Crippen LogP contribution in [-0.4, -0.2) is 0 Å². The second-order valence-corrected chi connectivity index (χ2v) is 2.85. The topological polar surface area (TPSA) is 0 Å². The first-order valence-electron chi connectivity index (χ1n) is 3.72. The largest absolute Gasteiger partial charge is 0.216 e. The van der Waals surface area contributed by atoms with Crippen LogP contribution in [0.5, 0.6) is 0 Å². The summed E-state index contributed by atoms with van der Waals surface area (Å²) >= 11 is 0. The van der Waals surface area contributed by atoms with E-state index in [4.69, 9.17) is 0 Å². The summed E-state index contributed by atoms with van der Waals surface area (Å²) in [6.45, 7) is 9.95. The fourth-order valence-electron chi connectivity index (χ4n) is 0.743. The van der Waals surface area contributed by atoms with Crippen LogP contribution in [0, 0.1) is 5.92 Å². The standard InChI is InChI=1S/C10H15F/c1-8(2)10(4)9(3)6-5-7-11/h5-8H,4H2,1-3H3/b7-5+,9-6-. The van der Waals surface area contributed by atoms with Crippen molar-refractivity contribution in [3.63, 3.8) is 0 Å². The SMILES string of the molecule is C=C(/C(C)=C\C=C\F)C(C)C. The predicted octanol–water partition coefficient (Wildman–Crippen LogP) is 3.63. The molecule has 0 unspecified atom stereocenters. The molecule has 11 heavy (non-hydrogen) atoms. The van der Waals surface area contributed by atoms with Gasteiger partial charge >= 0.3 is 0 Å². The van der Waals surface area contributed by atoms with E-state index in [0.29, 0.717) is 12.2 Å². The fourth-order valence-corrected chi connectivity index (χ4v) is 0.743. The minimum atomic E-state index is 0.430. The Morgan fingerprint density at radius 3 is 2.36 bits per heavy atom. The average molecular weight is 154 g/mol. The molecular weight excluding hydrogens is 139 g/mol. The van der Waals surface area contributed by atoms with Crippen molar-refractivity contribution in [2.24, 2.45) is 5.92 Å². The Labute approximate surface area is 68.1 Å². The first-order valence-corrected chi connectivity index (χ1v) is 3.72. The molecule has 0 spiro atoms. The van der Waals surface area contributed by atoms with E-state index in [9.17, 15) is 4.39 Å². The summed E-state index contributed by atoms with van der Waals surface area (Å²) in [6.07, 6.45) is 3.63. The third-order valence-corrected chi connectivity index (χ3v) is 1.62. The highest BCUT2D eigenvalue weighted by Gasteiger charge is 1.99. The smallest absolute Gasteiger partial charge is 0.0867 e. The lowest BCUT2D eigenvalue weighted by Crippen LogP contribution is -1.92. The van der Waals surface area contributed by atoms with E-state index in [1.165, 1.54) is 6.08 Å². The Morgan fingerprint density at radius 1 is 1.45 bits per heavy atom. The van der Waals surface area contributed by atoms with Gasteiger partial charge in [0.1, 0.15) is 0 Å². The first-order chi connectivity index (χ1) is 5.09. The lowest BCUT2D eigenvalue weighted by Gasteiger charge is -2.08. The number of allylic oxidation sites excluding steroid dienone is 4. The fraction of sp³-hybridized carbons (Fsp3) is 0.400. The molecule has 62 valence electrons. The van der Waals surface area contributed by atoms with Crippen molar-refractivity contribution in [2.45, 2.75) is 20.8 Å². The molecule has 0 rings (SSSR count). The van der Waals surface area contributed by atoms with E-state index in [1.807, 2.05) is 6.92 Å². The molecule has 0 atom stereocenters. The highest BCUT2D eigenvalue weighted by atomic mass is 19.1. The summed E-state index contributed by atoms with van der Waals surface area (Å²) in [5.74, 6) is 0.430. The summed E-state index contributed by atoms with van der Waals surface area (Å²) < 4.78 is 11.6. The molecule has 0 nitrogen and oxygen atoms in total. The molecular formula is C10H15F. The van der Waals surface area contributed by atoms with Gasteiger partial charge < -0.3 is 0 Å². The van der Waals surface area contributed by atoms with Crippen LogP contribution in [0.25, 0.3) is 0 Å². The molecule has 0 aromatic carbocycles. The van der Waals surface area contributed by atoms with Crippen LogP contribution in [0.15, 0.2) is 36.2 Å². The molecule has 0 amide bonds. The molecule has 0 aliphatic heterocycles. The van der Waals surface area contributed by atoms with Gasteiger partial charge in [-0.15, -0.1) is 0 Å². The molecule has 0 N–H and O–H groups in total. The van der Waals surface area contributed by atoms with Gasteiger partial charge in [0.25, 0.3) is 0 Å². The second-order valence-electron chi connectivity index (χ2n) is 2.85. The predicted molar refractivity (Wildman–Crippen MR) is 48.0 cm³/mol. The van der Waals surface area contributed by atoms with Crippen molar-refractivity contribution in [2.75, 3.05) is 0 Å². The summed E-state index contributed by atoms with van der Waals surface area (Å²) in [5.41, 5.74) is 2.09. The molecule has 0 aromatic rings. The van der Waals surface area contributed by atoms with Gasteiger partial charge in [-0.2, -0.15) is 0 Å². The van der Waals surface area contributed by atoms with Crippen LogP contribution in [0.3, 0.4) is 0 Å². The van der Waals surface area contributed by atoms with Gasteiger partial charge in [0.05, 0.1) is 6.33 Å². The van der Waals surface area contributed by atoms with Gasteiger partial charge in [0, 0.05) is 0 Å². The second kappa shape index (κ2) is 4.89. The van der Waals surface area contributed by atoms with Crippen LogP contribution < -0.4 is 0 Å². The first kappa shape index (κ1) is 10.2. The Bertz CT molecular complexity index is 185. The van der Waals surface area contributed by atoms with Gasteiger partial charge in [0.15, 0.2) is 0 Å². The van der Waals surface area contributed by atoms with Crippen LogP contribution in [0.4, 0.5) is 4.39 Å². The lowest BCUT2D eigenvalue weighted by molar-refractivity contribution is 0.721. The van der Waals surface area contributed by atoms with Crippen LogP contribution in [0.1, 0.15) is 20.8 Å². The van der Waals surface area contributed by atoms with E-state index < -0.39 is 0 Å². The van der Waals surface area contributed by atoms with Crippen LogP contribution in [-0.2, 0) is 0 Å². The van der Waals surface area contributed by atoms with Crippen molar-refractivity contribution in [3.05, 3.63) is 36.2 Å². The summed E-state index contributed by atoms with van der Waals surface area (Å²) in [6, 6.07) is 0. The van der Waals surface area contributed by atoms with Crippen LogP contribution in [0.2, 0.25) is 0 Å². The summed E-state index contributed by atoms with van der Waals surface area (Å²) in [4.78, 5) is 0. The molecule has 0 aliphatic carbocycles. The lowest BCUT2D eigenvalue weighted by atomic mass is 9.98. The number of hydrogen-bond donors (Lipinski definition) is 0. The minimum Gasteiger partial charge on any atom is -0.216 e. The van der Waals surface area contributed by atoms with Crippen molar-refractivity contribution in [1.82, 2.24) is 0 Å². The maximum absolute atomic E-state index is 11.6. The molecule has 0 heterocycles. The van der Waals surface area contributed by atoms with Gasteiger partial charge in [-0.1, -0.05) is 26.5 Å². The monoisotopic (exact) mass is 154 g/mol. The van der Waals surface area contributed by atoms with Gasteiger partial charge in [-0.05, 0) is 30.1 Å². The zero-order chi connectivity index (χ0) is 8.85. The zero-order valence-corrected chi connectivity index (χ0v) is 7.39. The van der Waals surface area contributed by atoms with Gasteiger partial charge in [-0.25, -0.2) is 4.39 Å². The summed E-state index contributed by atoms with van der Waals surface area (Å²) in [5, 5.41) is 0. The molecule has 1 heteroatoms. The molecule has 0 aliphatic rings. The van der Waals surface area contributed by atoms with E-state index >= 15 is 0 Å². The molecule has 0 saturated carbocycles. The van der Waals surface area contributed by atoms with Gasteiger partial charge in [0.2, 0.25) is 0 Å². The highest BCUT2D eigenvalue weighted by Crippen LogP contribution is 2.16. The highest BCUT2D eigenvalue weighted by molar-refractivity contribution is 5.30. The zero-order valence-electron chi connectivity index (χ0n) is 7.39. The van der Waals surface area contributed by atoms with Crippen molar-refractivity contribution in [3.8, 4) is 0 Å². The van der Waals surface area contributed by atoms with Crippen LogP contribution >= 0.6 is 0 Å². The Hall–Kier alpha value is -0.850.